The summed E-state index contributed by atoms with van der Waals surface area (Å²) in [4.78, 5) is 15.7. The van der Waals surface area contributed by atoms with Crippen molar-refractivity contribution in [1.82, 2.24) is 14.9 Å². The summed E-state index contributed by atoms with van der Waals surface area (Å²) in [5, 5.41) is 12.6. The summed E-state index contributed by atoms with van der Waals surface area (Å²) in [6, 6.07) is 0.322. The van der Waals surface area contributed by atoms with Crippen LogP contribution in [0.4, 0.5) is 0 Å². The summed E-state index contributed by atoms with van der Waals surface area (Å²) in [6.45, 7) is 1.94. The van der Waals surface area contributed by atoms with E-state index in [9.17, 15) is 9.90 Å². The maximum absolute atomic E-state index is 11.2. The van der Waals surface area contributed by atoms with Gasteiger partial charge in [0.25, 0.3) is 0 Å². The first-order valence-corrected chi connectivity index (χ1v) is 6.29. The van der Waals surface area contributed by atoms with Crippen LogP contribution in [0.5, 0.6) is 0 Å². The van der Waals surface area contributed by atoms with Gasteiger partial charge in [0.05, 0.1) is 11.7 Å². The van der Waals surface area contributed by atoms with E-state index in [1.807, 2.05) is 10.8 Å². The Morgan fingerprint density at radius 3 is 3.06 bits per heavy atom. The average Bonchev–Trinajstić information content (AvgIpc) is 2.96. The summed E-state index contributed by atoms with van der Waals surface area (Å²) < 4.78 is 2.03. The van der Waals surface area contributed by atoms with Crippen LogP contribution < -0.4 is 5.32 Å². The van der Waals surface area contributed by atoms with Crippen molar-refractivity contribution in [2.45, 2.75) is 44.2 Å². The number of hydrogen-bond donors (Lipinski definition) is 2. The summed E-state index contributed by atoms with van der Waals surface area (Å²) in [5.74, 6) is -0.422. The molecule has 3 rings (SSSR count). The Balaban J connectivity index is 1.92. The molecular weight excluding hydrogens is 218 g/mol. The van der Waals surface area contributed by atoms with Crippen LogP contribution in [0.1, 0.15) is 49.2 Å². The van der Waals surface area contributed by atoms with Gasteiger partial charge in [0.1, 0.15) is 11.7 Å². The van der Waals surface area contributed by atoms with Crippen molar-refractivity contribution < 1.29 is 9.90 Å². The molecule has 2 unspecified atom stereocenters. The summed E-state index contributed by atoms with van der Waals surface area (Å²) >= 11 is 0. The number of rotatable bonds is 2. The number of hydrogen-bond acceptors (Lipinski definition) is 3. The Morgan fingerprint density at radius 2 is 2.35 bits per heavy atom. The standard InChI is InChI=1S/C12H17N3O2/c16-12(17)8-3-2-6-15-7-10(14-11(8)15)9-4-1-5-13-9/h7-9,13H,1-6H2,(H,16,17). The van der Waals surface area contributed by atoms with Crippen LogP contribution >= 0.6 is 0 Å². The predicted molar refractivity (Wildman–Crippen MR) is 61.8 cm³/mol. The Labute approximate surface area is 99.8 Å². The number of aliphatic carboxylic acids is 1. The Kier molecular flexibility index (Phi) is 2.63. The quantitative estimate of drug-likeness (QED) is 0.810. The van der Waals surface area contributed by atoms with Gasteiger partial charge in [0, 0.05) is 12.7 Å². The number of carbonyl (C=O) groups is 1. The zero-order chi connectivity index (χ0) is 11.8. The molecule has 0 aliphatic carbocycles. The van der Waals surface area contributed by atoms with Crippen LogP contribution in [0, 0.1) is 0 Å². The normalized spacial score (nSPS) is 28.0. The molecule has 5 nitrogen and oxygen atoms in total. The summed E-state index contributed by atoms with van der Waals surface area (Å²) in [5.41, 5.74) is 1.02. The second-order valence-corrected chi connectivity index (χ2v) is 4.90. The molecule has 1 fully saturated rings. The van der Waals surface area contributed by atoms with Crippen molar-refractivity contribution in [2.75, 3.05) is 6.54 Å². The van der Waals surface area contributed by atoms with E-state index in [2.05, 4.69) is 10.3 Å². The fourth-order valence-electron chi connectivity index (χ4n) is 2.84. The van der Waals surface area contributed by atoms with Crippen LogP contribution in [0.25, 0.3) is 0 Å². The molecule has 0 aromatic carbocycles. The smallest absolute Gasteiger partial charge is 0.314 e. The van der Waals surface area contributed by atoms with E-state index in [0.717, 1.165) is 37.4 Å². The number of carboxylic acids is 1. The van der Waals surface area contributed by atoms with Gasteiger partial charge in [-0.1, -0.05) is 0 Å². The minimum absolute atomic E-state index is 0.322. The van der Waals surface area contributed by atoms with Crippen molar-refractivity contribution in [3.63, 3.8) is 0 Å². The number of imidazole rings is 1. The minimum Gasteiger partial charge on any atom is -0.481 e. The zero-order valence-electron chi connectivity index (χ0n) is 9.72. The van der Waals surface area contributed by atoms with E-state index in [1.54, 1.807) is 0 Å². The van der Waals surface area contributed by atoms with Gasteiger partial charge >= 0.3 is 5.97 Å². The molecule has 3 heterocycles. The van der Waals surface area contributed by atoms with Crippen molar-refractivity contribution in [1.29, 1.82) is 0 Å². The van der Waals surface area contributed by atoms with Crippen LogP contribution in [-0.4, -0.2) is 27.2 Å². The van der Waals surface area contributed by atoms with Crippen LogP contribution in [-0.2, 0) is 11.3 Å². The van der Waals surface area contributed by atoms with Crippen LogP contribution in [0.15, 0.2) is 6.20 Å². The third-order valence-electron chi connectivity index (χ3n) is 3.74. The highest BCUT2D eigenvalue weighted by Gasteiger charge is 2.30. The van der Waals surface area contributed by atoms with Gasteiger partial charge in [0.2, 0.25) is 0 Å². The molecule has 0 bridgehead atoms. The lowest BCUT2D eigenvalue weighted by Gasteiger charge is -2.19. The highest BCUT2D eigenvalue weighted by molar-refractivity contribution is 5.75. The average molecular weight is 235 g/mol. The highest BCUT2D eigenvalue weighted by Crippen LogP contribution is 2.30. The number of nitrogens with zero attached hydrogens (tertiary/aromatic N) is 2. The topological polar surface area (TPSA) is 67.2 Å². The largest absolute Gasteiger partial charge is 0.481 e. The molecule has 92 valence electrons. The molecule has 2 aliphatic heterocycles. The van der Waals surface area contributed by atoms with Gasteiger partial charge in [-0.25, -0.2) is 4.98 Å². The molecule has 1 aromatic heterocycles. The van der Waals surface area contributed by atoms with E-state index in [0.29, 0.717) is 12.5 Å². The Bertz CT molecular complexity index is 435. The molecule has 2 atom stereocenters. The van der Waals surface area contributed by atoms with Crippen molar-refractivity contribution in [3.8, 4) is 0 Å². The van der Waals surface area contributed by atoms with Crippen LogP contribution in [0.2, 0.25) is 0 Å². The van der Waals surface area contributed by atoms with E-state index in [-0.39, 0.29) is 0 Å². The van der Waals surface area contributed by atoms with Gasteiger partial charge < -0.3 is 15.0 Å². The summed E-state index contributed by atoms with van der Waals surface area (Å²) in [7, 11) is 0. The number of aromatic nitrogens is 2. The first-order valence-electron chi connectivity index (χ1n) is 6.29. The number of aryl methyl sites for hydroxylation is 1. The highest BCUT2D eigenvalue weighted by atomic mass is 16.4. The molecule has 1 saturated heterocycles. The Hall–Kier alpha value is -1.36. The van der Waals surface area contributed by atoms with E-state index < -0.39 is 11.9 Å². The van der Waals surface area contributed by atoms with E-state index in [4.69, 9.17) is 0 Å². The lowest BCUT2D eigenvalue weighted by atomic mass is 9.99. The Morgan fingerprint density at radius 1 is 1.47 bits per heavy atom. The zero-order valence-corrected chi connectivity index (χ0v) is 9.72. The van der Waals surface area contributed by atoms with E-state index >= 15 is 0 Å². The summed E-state index contributed by atoms with van der Waals surface area (Å²) in [6.07, 6.45) is 5.96. The maximum Gasteiger partial charge on any atom is 0.314 e. The molecule has 0 amide bonds. The fourth-order valence-corrected chi connectivity index (χ4v) is 2.84. The van der Waals surface area contributed by atoms with E-state index in [1.165, 1.54) is 6.42 Å². The van der Waals surface area contributed by atoms with Crippen LogP contribution in [0.3, 0.4) is 0 Å². The second kappa shape index (κ2) is 4.14. The first-order chi connectivity index (χ1) is 8.25. The number of carboxylic acid groups (broad SMARTS) is 1. The van der Waals surface area contributed by atoms with Gasteiger partial charge in [-0.15, -0.1) is 0 Å². The number of fused-ring (bicyclic) bond motifs is 1. The molecule has 17 heavy (non-hydrogen) atoms. The van der Waals surface area contributed by atoms with Gasteiger partial charge in [-0.05, 0) is 32.2 Å². The molecule has 2 N–H and O–H groups in total. The number of nitrogens with one attached hydrogen (secondary N) is 1. The maximum atomic E-state index is 11.2. The van der Waals surface area contributed by atoms with Gasteiger partial charge in [-0.3, -0.25) is 4.79 Å². The third-order valence-corrected chi connectivity index (χ3v) is 3.74. The molecule has 5 heteroatoms. The molecule has 0 spiro atoms. The molecule has 0 radical (unpaired) electrons. The molecule has 2 aliphatic rings. The van der Waals surface area contributed by atoms with Crippen molar-refractivity contribution in [2.24, 2.45) is 0 Å². The molecule has 1 aromatic rings. The third kappa shape index (κ3) is 1.84. The lowest BCUT2D eigenvalue weighted by molar-refractivity contribution is -0.139. The molecule has 0 saturated carbocycles. The second-order valence-electron chi connectivity index (χ2n) is 4.90. The van der Waals surface area contributed by atoms with Crippen molar-refractivity contribution >= 4 is 5.97 Å². The monoisotopic (exact) mass is 235 g/mol. The lowest BCUT2D eigenvalue weighted by Crippen LogP contribution is -2.22. The fraction of sp³-hybridized carbons (Fsp3) is 0.667. The first kappa shape index (κ1) is 10.8. The minimum atomic E-state index is -0.748. The molecular formula is C12H17N3O2. The van der Waals surface area contributed by atoms with Gasteiger partial charge in [-0.2, -0.15) is 0 Å². The van der Waals surface area contributed by atoms with Crippen molar-refractivity contribution in [3.05, 3.63) is 17.7 Å². The SMILES string of the molecule is O=C(O)C1CCCn2cc(C3CCCN3)nc21. The predicted octanol–water partition coefficient (Wildman–Crippen LogP) is 1.27. The van der Waals surface area contributed by atoms with Gasteiger partial charge in [0.15, 0.2) is 0 Å².